The molecule has 0 aliphatic carbocycles. The van der Waals surface area contributed by atoms with Gasteiger partial charge in [-0.3, -0.25) is 0 Å². The summed E-state index contributed by atoms with van der Waals surface area (Å²) >= 11 is 0. The van der Waals surface area contributed by atoms with Crippen molar-refractivity contribution in [1.29, 1.82) is 21.0 Å². The molecule has 0 aromatic rings. The van der Waals surface area contributed by atoms with Gasteiger partial charge in [-0.2, -0.15) is 0 Å². The van der Waals surface area contributed by atoms with Gasteiger partial charge in [0, 0.05) is 0 Å². The Morgan fingerprint density at radius 2 is 0.444 bits per heavy atom. The summed E-state index contributed by atoms with van der Waals surface area (Å²) in [6.07, 6.45) is 0. The van der Waals surface area contributed by atoms with Gasteiger partial charge in [0.1, 0.15) is 0 Å². The Balaban J connectivity index is -0.00000000762. The molecule has 0 atom stereocenters. The van der Waals surface area contributed by atoms with Gasteiger partial charge in [-0.25, -0.2) is 0 Å². The van der Waals surface area contributed by atoms with E-state index in [0.29, 0.717) is 0 Å². The summed E-state index contributed by atoms with van der Waals surface area (Å²) in [5.74, 6) is 0. The van der Waals surface area contributed by atoms with Crippen molar-refractivity contribution < 1.29 is 21.1 Å². The van der Waals surface area contributed by atoms with Crippen LogP contribution in [0, 0.1) is 47.3 Å². The van der Waals surface area contributed by atoms with E-state index in [1.165, 1.54) is 0 Å². The van der Waals surface area contributed by atoms with Gasteiger partial charge in [0.15, 0.2) is 0 Å². The molecule has 46 valence electrons. The third kappa shape index (κ3) is 78.6. The van der Waals surface area contributed by atoms with E-state index < -0.39 is 0 Å². The van der Waals surface area contributed by atoms with E-state index >= 15 is 0 Å². The monoisotopic (exact) mass is 299 g/mol. The molecule has 0 unspecified atom stereocenters. The maximum Gasteiger partial charge on any atom is 4.00 e. The molecule has 0 fully saturated rings. The average molecular weight is 299 g/mol. The van der Waals surface area contributed by atoms with E-state index in [2.05, 4.69) is 0 Å². The van der Waals surface area contributed by atoms with E-state index in [4.69, 9.17) is 47.3 Å². The van der Waals surface area contributed by atoms with Gasteiger partial charge >= 0.3 is 21.1 Å². The smallest absolute Gasteiger partial charge is 0.512 e. The largest absolute Gasteiger partial charge is 4.00 e. The molecule has 0 saturated heterocycles. The van der Waals surface area contributed by atoms with Gasteiger partial charge in [-0.1, -0.05) is 0 Å². The Morgan fingerprint density at radius 3 is 0.444 bits per heavy atom. The van der Waals surface area contributed by atoms with Gasteiger partial charge < -0.3 is 47.3 Å². The second-order valence-electron chi connectivity index (χ2n) is 0. The van der Waals surface area contributed by atoms with Crippen molar-refractivity contribution in [2.24, 2.45) is 0 Å². The third-order valence-electron chi connectivity index (χ3n) is 0. The van der Waals surface area contributed by atoms with Crippen molar-refractivity contribution in [1.82, 2.24) is 0 Å². The van der Waals surface area contributed by atoms with E-state index in [1.54, 1.807) is 0 Å². The summed E-state index contributed by atoms with van der Waals surface area (Å²) in [6.45, 7) is 19.0. The normalized spacial score (nSPS) is 0.889. The van der Waals surface area contributed by atoms with Crippen LogP contribution in [0.2, 0.25) is 0 Å². The molecule has 0 heterocycles. The molecule has 0 aliphatic rings. The Morgan fingerprint density at radius 1 is 0.444 bits per heavy atom. The van der Waals surface area contributed by atoms with Crippen LogP contribution in [0.3, 0.4) is 0 Å². The molecular formula is C4N4Pt. The molecule has 0 amide bonds. The van der Waals surface area contributed by atoms with E-state index in [-0.39, 0.29) is 21.1 Å². The number of hydrogen-bond acceptors (Lipinski definition) is 4. The molecule has 9 heavy (non-hydrogen) atoms. The fraction of sp³-hybridized carbons (Fsp3) is 0. The zero-order valence-corrected chi connectivity index (χ0v) is 6.38. The van der Waals surface area contributed by atoms with Crippen LogP contribution < -0.4 is 0 Å². The summed E-state index contributed by atoms with van der Waals surface area (Å²) < 4.78 is 0. The first-order valence-electron chi connectivity index (χ1n) is 0.894. The van der Waals surface area contributed by atoms with Gasteiger partial charge in [0.05, 0.1) is 0 Å². The summed E-state index contributed by atoms with van der Waals surface area (Å²) in [5.41, 5.74) is 0. The van der Waals surface area contributed by atoms with E-state index in [9.17, 15) is 0 Å². The molecule has 0 spiro atoms. The van der Waals surface area contributed by atoms with Crippen LogP contribution in [0.1, 0.15) is 0 Å². The topological polar surface area (TPSA) is 95.2 Å². The van der Waals surface area contributed by atoms with Crippen LogP contribution in [0.5, 0.6) is 0 Å². The molecule has 4 nitrogen and oxygen atoms in total. The van der Waals surface area contributed by atoms with Crippen molar-refractivity contribution >= 4 is 0 Å². The van der Waals surface area contributed by atoms with Crippen molar-refractivity contribution in [3.8, 4) is 0 Å². The average Bonchev–Trinajstić information content (AvgIpc) is 2.03. The predicted octanol–water partition coefficient (Wildman–Crippen LogP) is 0.383. The molecule has 0 saturated carbocycles. The Bertz CT molecular complexity index is 55.5. The zero-order chi connectivity index (χ0) is 8.00. The molecule has 0 bridgehead atoms. The van der Waals surface area contributed by atoms with Crippen molar-refractivity contribution in [3.05, 3.63) is 26.3 Å². The summed E-state index contributed by atoms with van der Waals surface area (Å²) in [7, 11) is 0. The number of hydrogen-bond donors (Lipinski definition) is 0. The first-order chi connectivity index (χ1) is 4.00. The molecule has 0 N–H and O–H groups in total. The number of nitrogens with zero attached hydrogens (tertiary/aromatic N) is 4. The molecular weight excluding hydrogens is 299 g/mol. The van der Waals surface area contributed by atoms with Gasteiger partial charge in [-0.15, -0.1) is 0 Å². The second kappa shape index (κ2) is 116. The van der Waals surface area contributed by atoms with Crippen LogP contribution in [0.25, 0.3) is 0 Å². The summed E-state index contributed by atoms with van der Waals surface area (Å²) in [6, 6.07) is 0. The SMILES string of the molecule is [C-]#N.[C-]#N.[C-]#N.[C-]#N.[Pt+4]. The van der Waals surface area contributed by atoms with Crippen molar-refractivity contribution in [3.63, 3.8) is 0 Å². The molecule has 0 aromatic heterocycles. The van der Waals surface area contributed by atoms with Crippen LogP contribution >= 0.6 is 0 Å². The quantitative estimate of drug-likeness (QED) is 0.604. The first-order valence-corrected chi connectivity index (χ1v) is 0.894. The van der Waals surface area contributed by atoms with Gasteiger partial charge in [-0.05, 0) is 0 Å². The summed E-state index contributed by atoms with van der Waals surface area (Å²) in [5, 5.41) is 25.0. The standard InChI is InChI=1S/4CN.Pt/c4*1-2;/q4*-1;+4. The van der Waals surface area contributed by atoms with Crippen LogP contribution in [-0.4, -0.2) is 0 Å². The molecule has 0 radical (unpaired) electrons. The molecule has 0 aliphatic heterocycles. The Labute approximate surface area is 68.8 Å². The number of rotatable bonds is 0. The van der Waals surface area contributed by atoms with Crippen LogP contribution in [0.4, 0.5) is 0 Å². The van der Waals surface area contributed by atoms with E-state index in [1.807, 2.05) is 0 Å². The summed E-state index contributed by atoms with van der Waals surface area (Å²) in [4.78, 5) is 0. The van der Waals surface area contributed by atoms with Gasteiger partial charge in [0.25, 0.3) is 0 Å². The zero-order valence-electron chi connectivity index (χ0n) is 4.11. The fourth-order valence-corrected chi connectivity index (χ4v) is 0. The second-order valence-corrected chi connectivity index (χ2v) is 0. The predicted molar refractivity (Wildman–Crippen MR) is 19.9 cm³/mol. The Kier molecular flexibility index (Phi) is 622. The van der Waals surface area contributed by atoms with Crippen LogP contribution in [0.15, 0.2) is 0 Å². The van der Waals surface area contributed by atoms with Crippen molar-refractivity contribution in [2.45, 2.75) is 0 Å². The minimum Gasteiger partial charge on any atom is -0.512 e. The van der Waals surface area contributed by atoms with Crippen molar-refractivity contribution in [2.75, 3.05) is 0 Å². The van der Waals surface area contributed by atoms with Gasteiger partial charge in [0.2, 0.25) is 0 Å². The van der Waals surface area contributed by atoms with E-state index in [0.717, 1.165) is 0 Å². The first kappa shape index (κ1) is 48.2. The fourth-order valence-electron chi connectivity index (χ4n) is 0. The molecule has 0 rings (SSSR count). The maximum absolute atomic E-state index is 6.25. The minimum atomic E-state index is 0. The third-order valence-corrected chi connectivity index (χ3v) is 0. The van der Waals surface area contributed by atoms with Crippen LogP contribution in [-0.2, 0) is 21.1 Å². The molecule has 5 heteroatoms. The maximum atomic E-state index is 6.25. The Hall–Kier alpha value is -1.35. The molecule has 0 aromatic carbocycles. The minimum absolute atomic E-state index is 0.